The number of Topliss-reactive ketones (excluding diaryl/α,β-unsaturated/α-hetero) is 1. The van der Waals surface area contributed by atoms with Crippen molar-refractivity contribution in [2.45, 2.75) is 32.6 Å². The van der Waals surface area contributed by atoms with E-state index < -0.39 is 5.92 Å². The summed E-state index contributed by atoms with van der Waals surface area (Å²) >= 11 is 0. The molecule has 0 amide bonds. The molecule has 2 unspecified atom stereocenters. The molecular formula is C16H19NO2. The lowest BCUT2D eigenvalue weighted by atomic mass is 9.86. The zero-order valence-electron chi connectivity index (χ0n) is 11.6. The van der Waals surface area contributed by atoms with Crippen LogP contribution in [0, 0.1) is 30.1 Å². The van der Waals surface area contributed by atoms with Crippen LogP contribution in [0.4, 0.5) is 0 Å². The van der Waals surface area contributed by atoms with Gasteiger partial charge < -0.3 is 4.74 Å². The van der Waals surface area contributed by atoms with E-state index in [0.29, 0.717) is 5.92 Å². The van der Waals surface area contributed by atoms with E-state index in [0.717, 1.165) is 29.7 Å². The highest BCUT2D eigenvalue weighted by atomic mass is 16.5. The van der Waals surface area contributed by atoms with E-state index >= 15 is 0 Å². The Morgan fingerprint density at radius 3 is 2.68 bits per heavy atom. The van der Waals surface area contributed by atoms with E-state index in [4.69, 9.17) is 4.74 Å². The highest BCUT2D eigenvalue weighted by molar-refractivity contribution is 5.90. The van der Waals surface area contributed by atoms with Gasteiger partial charge in [0.2, 0.25) is 0 Å². The Morgan fingerprint density at radius 2 is 2.16 bits per heavy atom. The summed E-state index contributed by atoms with van der Waals surface area (Å²) in [6.45, 7) is 3.88. The van der Waals surface area contributed by atoms with Gasteiger partial charge >= 0.3 is 0 Å². The Morgan fingerprint density at radius 1 is 1.47 bits per heavy atom. The second-order valence-electron chi connectivity index (χ2n) is 5.32. The third kappa shape index (κ3) is 2.78. The number of benzene rings is 1. The fraction of sp³-hybridized carbons (Fsp3) is 0.500. The van der Waals surface area contributed by atoms with Gasteiger partial charge in [0.05, 0.1) is 13.2 Å². The highest BCUT2D eigenvalue weighted by Gasteiger charge is 2.36. The van der Waals surface area contributed by atoms with Crippen LogP contribution in [0.2, 0.25) is 0 Å². The number of nitriles is 1. The quantitative estimate of drug-likeness (QED) is 0.813. The van der Waals surface area contributed by atoms with Crippen LogP contribution in [0.5, 0.6) is 5.75 Å². The van der Waals surface area contributed by atoms with E-state index in [1.54, 1.807) is 13.2 Å². The minimum absolute atomic E-state index is 0.0167. The zero-order chi connectivity index (χ0) is 14.0. The minimum Gasteiger partial charge on any atom is -0.496 e. The number of ketones is 1. The molecule has 1 aliphatic carbocycles. The molecule has 100 valence electrons. The summed E-state index contributed by atoms with van der Waals surface area (Å²) < 4.78 is 5.26. The first-order chi connectivity index (χ1) is 9.08. The maximum absolute atomic E-state index is 12.4. The van der Waals surface area contributed by atoms with Gasteiger partial charge in [-0.05, 0) is 42.9 Å². The Balaban J connectivity index is 2.26. The smallest absolute Gasteiger partial charge is 0.157 e. The fourth-order valence-electron chi connectivity index (χ4n) is 2.41. The molecule has 1 fully saturated rings. The molecule has 3 nitrogen and oxygen atoms in total. The third-order valence-corrected chi connectivity index (χ3v) is 3.96. The summed E-state index contributed by atoms with van der Waals surface area (Å²) in [6.07, 6.45) is 2.23. The molecule has 0 aliphatic heterocycles. The Labute approximate surface area is 114 Å². The number of nitrogens with zero attached hydrogens (tertiary/aromatic N) is 1. The van der Waals surface area contributed by atoms with Gasteiger partial charge in [0.15, 0.2) is 5.78 Å². The minimum atomic E-state index is -0.676. The van der Waals surface area contributed by atoms with Crippen LogP contribution < -0.4 is 4.74 Å². The van der Waals surface area contributed by atoms with E-state index in [1.165, 1.54) is 0 Å². The summed E-state index contributed by atoms with van der Waals surface area (Å²) in [7, 11) is 1.60. The van der Waals surface area contributed by atoms with Crippen molar-refractivity contribution in [2.75, 3.05) is 7.11 Å². The van der Waals surface area contributed by atoms with Crippen molar-refractivity contribution in [1.82, 2.24) is 0 Å². The topological polar surface area (TPSA) is 50.1 Å². The number of rotatable bonds is 5. The molecule has 0 radical (unpaired) electrons. The Hall–Kier alpha value is -1.82. The van der Waals surface area contributed by atoms with Crippen molar-refractivity contribution < 1.29 is 9.53 Å². The summed E-state index contributed by atoms with van der Waals surface area (Å²) in [5, 5.41) is 9.32. The van der Waals surface area contributed by atoms with Crippen LogP contribution in [0.3, 0.4) is 0 Å². The molecule has 0 bridgehead atoms. The molecule has 2 rings (SSSR count). The van der Waals surface area contributed by atoms with Crippen LogP contribution in [-0.2, 0) is 4.79 Å². The normalized spacial score (nSPS) is 17.4. The van der Waals surface area contributed by atoms with Crippen molar-refractivity contribution in [2.24, 2.45) is 11.8 Å². The summed E-state index contributed by atoms with van der Waals surface area (Å²) in [4.78, 5) is 12.4. The van der Waals surface area contributed by atoms with Crippen LogP contribution in [-0.4, -0.2) is 12.9 Å². The zero-order valence-corrected chi connectivity index (χ0v) is 11.6. The first-order valence-corrected chi connectivity index (χ1v) is 6.66. The second kappa shape index (κ2) is 5.44. The summed E-state index contributed by atoms with van der Waals surface area (Å²) in [5.74, 6) is 0.554. The van der Waals surface area contributed by atoms with Crippen molar-refractivity contribution in [3.05, 3.63) is 29.3 Å². The van der Waals surface area contributed by atoms with Gasteiger partial charge in [-0.15, -0.1) is 0 Å². The maximum Gasteiger partial charge on any atom is 0.157 e. The Bertz CT molecular complexity index is 526. The lowest BCUT2D eigenvalue weighted by Gasteiger charge is -2.15. The van der Waals surface area contributed by atoms with Gasteiger partial charge in [0.25, 0.3) is 0 Å². The van der Waals surface area contributed by atoms with Crippen molar-refractivity contribution in [3.8, 4) is 11.8 Å². The molecule has 0 N–H and O–H groups in total. The van der Waals surface area contributed by atoms with Crippen molar-refractivity contribution >= 4 is 5.78 Å². The number of carbonyl (C=O) groups is 1. The van der Waals surface area contributed by atoms with E-state index in [1.807, 2.05) is 26.0 Å². The summed E-state index contributed by atoms with van der Waals surface area (Å²) in [6, 6.07) is 7.70. The molecule has 1 saturated carbocycles. The lowest BCUT2D eigenvalue weighted by molar-refractivity contribution is -0.123. The number of hydrogen-bond donors (Lipinski definition) is 0. The molecule has 2 atom stereocenters. The number of methoxy groups -OCH3 is 1. The lowest BCUT2D eigenvalue weighted by Crippen LogP contribution is -2.20. The molecule has 0 heterocycles. The van der Waals surface area contributed by atoms with Crippen molar-refractivity contribution in [1.29, 1.82) is 5.26 Å². The van der Waals surface area contributed by atoms with Gasteiger partial charge in [-0.1, -0.05) is 19.1 Å². The first-order valence-electron chi connectivity index (χ1n) is 6.66. The van der Waals surface area contributed by atoms with Crippen molar-refractivity contribution in [3.63, 3.8) is 0 Å². The SMILES string of the molecule is COc1cc(C(C#N)C(=O)C(C)C2CC2)ccc1C. The molecule has 1 aromatic carbocycles. The Kier molecular flexibility index (Phi) is 3.90. The van der Waals surface area contributed by atoms with Crippen LogP contribution in [0.25, 0.3) is 0 Å². The number of hydrogen-bond acceptors (Lipinski definition) is 3. The molecule has 3 heteroatoms. The molecule has 1 aliphatic rings. The van der Waals surface area contributed by atoms with E-state index in [-0.39, 0.29) is 11.7 Å². The average molecular weight is 257 g/mol. The van der Waals surface area contributed by atoms with E-state index in [2.05, 4.69) is 6.07 Å². The van der Waals surface area contributed by atoms with E-state index in [9.17, 15) is 10.1 Å². The standard InChI is InChI=1S/C16H19NO2/c1-10-4-5-13(8-15(10)19-3)14(9-17)16(18)11(2)12-6-7-12/h4-5,8,11-12,14H,6-7H2,1-3H3. The monoisotopic (exact) mass is 257 g/mol. The van der Waals surface area contributed by atoms with Crippen LogP contribution in [0.1, 0.15) is 36.8 Å². The largest absolute Gasteiger partial charge is 0.496 e. The predicted molar refractivity (Wildman–Crippen MR) is 73.0 cm³/mol. The molecular weight excluding hydrogens is 238 g/mol. The number of carbonyl (C=O) groups excluding carboxylic acids is 1. The summed E-state index contributed by atoms with van der Waals surface area (Å²) in [5.41, 5.74) is 1.74. The fourth-order valence-corrected chi connectivity index (χ4v) is 2.41. The highest BCUT2D eigenvalue weighted by Crippen LogP contribution is 2.39. The number of aryl methyl sites for hydroxylation is 1. The van der Waals surface area contributed by atoms with Gasteiger partial charge in [0, 0.05) is 5.92 Å². The molecule has 19 heavy (non-hydrogen) atoms. The first kappa shape index (κ1) is 13.6. The second-order valence-corrected chi connectivity index (χ2v) is 5.32. The van der Waals surface area contributed by atoms with Gasteiger partial charge in [-0.3, -0.25) is 4.79 Å². The molecule has 0 spiro atoms. The van der Waals surface area contributed by atoms with Crippen LogP contribution in [0.15, 0.2) is 18.2 Å². The number of ether oxygens (including phenoxy) is 1. The molecule has 1 aromatic rings. The molecule has 0 saturated heterocycles. The van der Waals surface area contributed by atoms with Crippen LogP contribution >= 0.6 is 0 Å². The predicted octanol–water partition coefficient (Wildman–Crippen LogP) is 3.23. The van der Waals surface area contributed by atoms with Gasteiger partial charge in [0.1, 0.15) is 11.7 Å². The van der Waals surface area contributed by atoms with Gasteiger partial charge in [-0.2, -0.15) is 5.26 Å². The average Bonchev–Trinajstić information content (AvgIpc) is 3.24. The van der Waals surface area contributed by atoms with Gasteiger partial charge in [-0.25, -0.2) is 0 Å². The maximum atomic E-state index is 12.4. The third-order valence-electron chi connectivity index (χ3n) is 3.96. The molecule has 0 aromatic heterocycles.